The number of aliphatic hydroxyl groups excluding tert-OH is 1. The molecule has 0 saturated carbocycles. The minimum atomic E-state index is -3.76. The van der Waals surface area contributed by atoms with Crippen molar-refractivity contribution in [3.63, 3.8) is 0 Å². The summed E-state index contributed by atoms with van der Waals surface area (Å²) >= 11 is 5.76. The maximum absolute atomic E-state index is 12.4. The number of sulfonamides is 1. The number of piperidine rings is 1. The molecule has 1 unspecified atom stereocenters. The summed E-state index contributed by atoms with van der Waals surface area (Å²) in [6.45, 7) is 0.419. The maximum atomic E-state index is 12.4. The number of halogens is 1. The molecule has 1 heterocycles. The van der Waals surface area contributed by atoms with Gasteiger partial charge in [0, 0.05) is 18.1 Å². The number of hydrogen-bond donors (Lipinski definition) is 1. The molecule has 1 atom stereocenters. The highest BCUT2D eigenvalue weighted by atomic mass is 35.5. The van der Waals surface area contributed by atoms with Gasteiger partial charge >= 0.3 is 0 Å². The second-order valence-corrected chi connectivity index (χ2v) is 6.75. The van der Waals surface area contributed by atoms with Gasteiger partial charge < -0.3 is 5.11 Å². The second-order valence-electron chi connectivity index (χ2n) is 4.41. The first-order chi connectivity index (χ1) is 8.95. The molecule has 0 aromatic heterocycles. The molecule has 0 aliphatic carbocycles. The molecule has 1 aromatic rings. The van der Waals surface area contributed by atoms with Gasteiger partial charge in [0.2, 0.25) is 10.0 Å². The Morgan fingerprint density at radius 3 is 2.84 bits per heavy atom. The first kappa shape index (κ1) is 14.3. The fourth-order valence-corrected chi connectivity index (χ4v) is 3.90. The predicted octanol–water partition coefficient (Wildman–Crippen LogP) is 1.36. The molecular formula is C12H13ClN2O3S. The molecule has 1 aromatic carbocycles. The van der Waals surface area contributed by atoms with Crippen LogP contribution in [0, 0.1) is 11.3 Å². The summed E-state index contributed by atoms with van der Waals surface area (Å²) in [7, 11) is -3.76. The van der Waals surface area contributed by atoms with E-state index in [2.05, 4.69) is 0 Å². The highest BCUT2D eigenvalue weighted by molar-refractivity contribution is 7.89. The highest BCUT2D eigenvalue weighted by Crippen LogP contribution is 2.25. The number of rotatable bonds is 2. The zero-order valence-electron chi connectivity index (χ0n) is 10.1. The van der Waals surface area contributed by atoms with Crippen molar-refractivity contribution in [2.75, 3.05) is 13.1 Å². The molecule has 5 nitrogen and oxygen atoms in total. The molecule has 19 heavy (non-hydrogen) atoms. The van der Waals surface area contributed by atoms with Crippen LogP contribution in [0.2, 0.25) is 5.02 Å². The highest BCUT2D eigenvalue weighted by Gasteiger charge is 2.31. The molecule has 0 amide bonds. The fraction of sp³-hybridized carbons (Fsp3) is 0.417. The van der Waals surface area contributed by atoms with Crippen molar-refractivity contribution >= 4 is 21.6 Å². The van der Waals surface area contributed by atoms with E-state index >= 15 is 0 Å². The molecule has 1 fully saturated rings. The molecule has 1 N–H and O–H groups in total. The number of nitrogens with zero attached hydrogens (tertiary/aromatic N) is 2. The molecule has 2 rings (SSSR count). The van der Waals surface area contributed by atoms with Crippen molar-refractivity contribution in [2.45, 2.75) is 23.8 Å². The van der Waals surface area contributed by atoms with Crippen LogP contribution in [-0.4, -0.2) is 37.0 Å². The molecule has 7 heteroatoms. The van der Waals surface area contributed by atoms with Crippen molar-refractivity contribution in [1.29, 1.82) is 5.26 Å². The molecule has 102 valence electrons. The summed E-state index contributed by atoms with van der Waals surface area (Å²) in [5, 5.41) is 18.9. The van der Waals surface area contributed by atoms with Gasteiger partial charge in [-0.25, -0.2) is 8.42 Å². The molecule has 0 bridgehead atoms. The van der Waals surface area contributed by atoms with Crippen molar-refractivity contribution in [3.05, 3.63) is 28.8 Å². The van der Waals surface area contributed by atoms with E-state index in [1.807, 2.05) is 6.07 Å². The lowest BCUT2D eigenvalue weighted by Gasteiger charge is -2.29. The van der Waals surface area contributed by atoms with Crippen LogP contribution < -0.4 is 0 Å². The van der Waals surface area contributed by atoms with E-state index in [1.165, 1.54) is 22.5 Å². The van der Waals surface area contributed by atoms with Crippen LogP contribution in [0.4, 0.5) is 0 Å². The smallest absolute Gasteiger partial charge is 0.244 e. The van der Waals surface area contributed by atoms with E-state index < -0.39 is 16.1 Å². The lowest BCUT2D eigenvalue weighted by molar-refractivity contribution is 0.108. The predicted molar refractivity (Wildman–Crippen MR) is 70.2 cm³/mol. The SMILES string of the molecule is N#Cc1cc(Cl)ccc1S(=O)(=O)N1CCCC(O)C1. The Kier molecular flexibility index (Phi) is 4.11. The molecular weight excluding hydrogens is 288 g/mol. The maximum Gasteiger partial charge on any atom is 0.244 e. The standard InChI is InChI=1S/C12H13ClN2O3S/c13-10-3-4-12(9(6-10)7-14)19(17,18)15-5-1-2-11(16)8-15/h3-4,6,11,16H,1-2,5,8H2. The average Bonchev–Trinajstić information content (AvgIpc) is 2.38. The van der Waals surface area contributed by atoms with Gasteiger partial charge in [-0.2, -0.15) is 9.57 Å². The normalized spacial score (nSPS) is 21.0. The van der Waals surface area contributed by atoms with Crippen molar-refractivity contribution in [3.8, 4) is 6.07 Å². The van der Waals surface area contributed by atoms with Crippen LogP contribution in [0.5, 0.6) is 0 Å². The Morgan fingerprint density at radius 2 is 2.21 bits per heavy atom. The van der Waals surface area contributed by atoms with Crippen molar-refractivity contribution in [1.82, 2.24) is 4.31 Å². The first-order valence-corrected chi connectivity index (χ1v) is 7.65. The third kappa shape index (κ3) is 2.90. The van der Waals surface area contributed by atoms with Gasteiger partial charge in [-0.3, -0.25) is 0 Å². The minimum absolute atomic E-state index is 0.0209. The Hall–Kier alpha value is -1.13. The van der Waals surface area contributed by atoms with Crippen LogP contribution in [-0.2, 0) is 10.0 Å². The van der Waals surface area contributed by atoms with Gasteiger partial charge in [0.05, 0.1) is 11.7 Å². The lowest BCUT2D eigenvalue weighted by atomic mass is 10.1. The summed E-state index contributed by atoms with van der Waals surface area (Å²) in [6, 6.07) is 5.94. The molecule has 1 aliphatic rings. The summed E-state index contributed by atoms with van der Waals surface area (Å²) in [5.74, 6) is 0. The zero-order valence-corrected chi connectivity index (χ0v) is 11.7. The Bertz CT molecular complexity index is 624. The minimum Gasteiger partial charge on any atom is -0.392 e. The molecule has 1 saturated heterocycles. The van der Waals surface area contributed by atoms with Crippen molar-refractivity contribution < 1.29 is 13.5 Å². The van der Waals surface area contributed by atoms with Crippen molar-refractivity contribution in [2.24, 2.45) is 0 Å². The first-order valence-electron chi connectivity index (χ1n) is 5.83. The molecule has 1 aliphatic heterocycles. The Labute approximate surface area is 117 Å². The molecule has 0 radical (unpaired) electrons. The van der Waals surface area contributed by atoms with Gasteiger partial charge in [-0.05, 0) is 31.0 Å². The average molecular weight is 301 g/mol. The Morgan fingerprint density at radius 1 is 1.47 bits per heavy atom. The van der Waals surface area contributed by atoms with Crippen LogP contribution in [0.1, 0.15) is 18.4 Å². The van der Waals surface area contributed by atoms with Crippen LogP contribution in [0.3, 0.4) is 0 Å². The summed E-state index contributed by atoms with van der Waals surface area (Å²) in [4.78, 5) is -0.0616. The fourth-order valence-electron chi connectivity index (χ4n) is 2.09. The van der Waals surface area contributed by atoms with E-state index in [1.54, 1.807) is 0 Å². The summed E-state index contributed by atoms with van der Waals surface area (Å²) in [6.07, 6.45) is 0.550. The van der Waals surface area contributed by atoms with E-state index in [0.717, 1.165) is 0 Å². The lowest BCUT2D eigenvalue weighted by Crippen LogP contribution is -2.42. The Balaban J connectivity index is 2.42. The monoisotopic (exact) mass is 300 g/mol. The number of β-amino-alcohol motifs (C(OH)–C–C–N with tert-alkyl or cyclic N) is 1. The van der Waals surface area contributed by atoms with E-state index in [0.29, 0.717) is 24.4 Å². The van der Waals surface area contributed by atoms with Gasteiger partial charge in [0.1, 0.15) is 11.0 Å². The van der Waals surface area contributed by atoms with Crippen LogP contribution >= 0.6 is 11.6 Å². The second kappa shape index (κ2) is 5.47. The van der Waals surface area contributed by atoms with Crippen LogP contribution in [0.15, 0.2) is 23.1 Å². The zero-order chi connectivity index (χ0) is 14.0. The number of hydrogen-bond acceptors (Lipinski definition) is 4. The largest absolute Gasteiger partial charge is 0.392 e. The topological polar surface area (TPSA) is 81.4 Å². The van der Waals surface area contributed by atoms with Crippen LogP contribution in [0.25, 0.3) is 0 Å². The van der Waals surface area contributed by atoms with Gasteiger partial charge in [-0.15, -0.1) is 0 Å². The summed E-state index contributed by atoms with van der Waals surface area (Å²) in [5.41, 5.74) is 0.0209. The van der Waals surface area contributed by atoms with Gasteiger partial charge in [0.25, 0.3) is 0 Å². The third-order valence-electron chi connectivity index (χ3n) is 3.04. The third-order valence-corrected chi connectivity index (χ3v) is 5.20. The molecule has 0 spiro atoms. The number of aliphatic hydroxyl groups is 1. The van der Waals surface area contributed by atoms with Gasteiger partial charge in [0.15, 0.2) is 0 Å². The number of benzene rings is 1. The van der Waals surface area contributed by atoms with E-state index in [-0.39, 0.29) is 17.0 Å². The summed E-state index contributed by atoms with van der Waals surface area (Å²) < 4.78 is 26.1. The quantitative estimate of drug-likeness (QED) is 0.894. The van der Waals surface area contributed by atoms with Gasteiger partial charge in [-0.1, -0.05) is 11.6 Å². The van der Waals surface area contributed by atoms with E-state index in [9.17, 15) is 13.5 Å². The number of nitriles is 1. The van der Waals surface area contributed by atoms with E-state index in [4.69, 9.17) is 16.9 Å².